The summed E-state index contributed by atoms with van der Waals surface area (Å²) in [5.74, 6) is -0.795. The molecule has 0 aliphatic rings. The molecular weight excluding hydrogens is 307 g/mol. The van der Waals surface area contributed by atoms with Crippen molar-refractivity contribution in [1.29, 1.82) is 0 Å². The zero-order valence-corrected chi connectivity index (χ0v) is 13.0. The summed E-state index contributed by atoms with van der Waals surface area (Å²) in [5, 5.41) is 2.87. The lowest BCUT2D eigenvalue weighted by atomic mass is 10.2. The average Bonchev–Trinajstić information content (AvgIpc) is 2.18. The van der Waals surface area contributed by atoms with Gasteiger partial charge in [0.25, 0.3) is 0 Å². The van der Waals surface area contributed by atoms with E-state index in [2.05, 4.69) is 10.0 Å². The molecule has 1 aromatic carbocycles. The van der Waals surface area contributed by atoms with Crippen LogP contribution in [0.5, 0.6) is 0 Å². The third kappa shape index (κ3) is 6.20. The highest BCUT2D eigenvalue weighted by Gasteiger charge is 2.12. The van der Waals surface area contributed by atoms with Gasteiger partial charge in [-0.15, -0.1) is 0 Å². The van der Waals surface area contributed by atoms with Crippen LogP contribution in [0.2, 0.25) is 0 Å². The number of sulfonamides is 1. The van der Waals surface area contributed by atoms with E-state index in [-0.39, 0.29) is 17.5 Å². The van der Waals surface area contributed by atoms with Crippen molar-refractivity contribution >= 4 is 31.2 Å². The summed E-state index contributed by atoms with van der Waals surface area (Å²) in [5.41, 5.74) is 0.234. The molecule has 0 bridgehead atoms. The molecule has 0 fully saturated rings. The molecule has 0 saturated heterocycles. The van der Waals surface area contributed by atoms with E-state index in [0.29, 0.717) is 5.69 Å². The molecule has 0 aliphatic heterocycles. The molecule has 2 N–H and O–H groups in total. The van der Waals surface area contributed by atoms with Gasteiger partial charge in [-0.25, -0.2) is 21.2 Å². The molecule has 1 aromatic rings. The summed E-state index contributed by atoms with van der Waals surface area (Å²) < 4.78 is 60.0. The second kappa shape index (κ2) is 5.96. The van der Waals surface area contributed by atoms with Crippen LogP contribution >= 0.6 is 0 Å². The molecule has 0 spiro atoms. The molecule has 0 heterocycles. The standard InChI is InChI=1S/C11H17FN2O4S2/c1-8(7-19(2,15)16)13-9-4-5-10(12)11(6-9)14-20(3,17)18/h4-6,8,13-14H,7H2,1-3H3. The maximum absolute atomic E-state index is 13.5. The SMILES string of the molecule is CC(CS(C)(=O)=O)Nc1ccc(F)c(NS(C)(=O)=O)c1. The Hall–Kier alpha value is -1.35. The Balaban J connectivity index is 2.90. The van der Waals surface area contributed by atoms with E-state index in [1.165, 1.54) is 12.1 Å². The molecular formula is C11H17FN2O4S2. The number of hydrogen-bond acceptors (Lipinski definition) is 5. The van der Waals surface area contributed by atoms with Crippen LogP contribution in [-0.4, -0.2) is 41.1 Å². The molecule has 9 heteroatoms. The molecule has 1 rings (SSSR count). The lowest BCUT2D eigenvalue weighted by Gasteiger charge is -2.15. The average molecular weight is 324 g/mol. The first-order valence-corrected chi connectivity index (χ1v) is 9.63. The van der Waals surface area contributed by atoms with Crippen molar-refractivity contribution in [2.24, 2.45) is 0 Å². The third-order valence-electron chi connectivity index (χ3n) is 2.23. The highest BCUT2D eigenvalue weighted by molar-refractivity contribution is 7.92. The highest BCUT2D eigenvalue weighted by atomic mass is 32.2. The quantitative estimate of drug-likeness (QED) is 0.816. The molecule has 1 unspecified atom stereocenters. The Kier molecular flexibility index (Phi) is 4.98. The van der Waals surface area contributed by atoms with Gasteiger partial charge in [-0.1, -0.05) is 0 Å². The van der Waals surface area contributed by atoms with Crippen LogP contribution in [0.25, 0.3) is 0 Å². The largest absolute Gasteiger partial charge is 0.382 e. The van der Waals surface area contributed by atoms with E-state index in [0.717, 1.165) is 18.6 Å². The van der Waals surface area contributed by atoms with Gasteiger partial charge in [0.15, 0.2) is 0 Å². The molecule has 0 aliphatic carbocycles. The normalized spacial score (nSPS) is 13.8. The number of anilines is 2. The fraction of sp³-hybridized carbons (Fsp3) is 0.455. The van der Waals surface area contributed by atoms with E-state index >= 15 is 0 Å². The van der Waals surface area contributed by atoms with Crippen molar-refractivity contribution in [2.45, 2.75) is 13.0 Å². The first-order valence-electron chi connectivity index (χ1n) is 5.68. The van der Waals surface area contributed by atoms with Gasteiger partial charge in [-0.2, -0.15) is 0 Å². The Morgan fingerprint density at radius 3 is 2.30 bits per heavy atom. The van der Waals surface area contributed by atoms with Crippen LogP contribution in [-0.2, 0) is 19.9 Å². The molecule has 0 aromatic heterocycles. The predicted molar refractivity (Wildman–Crippen MR) is 77.7 cm³/mol. The van der Waals surface area contributed by atoms with Crippen molar-refractivity contribution < 1.29 is 21.2 Å². The van der Waals surface area contributed by atoms with Crippen LogP contribution < -0.4 is 10.0 Å². The highest BCUT2D eigenvalue weighted by Crippen LogP contribution is 2.21. The van der Waals surface area contributed by atoms with Crippen LogP contribution in [0.15, 0.2) is 18.2 Å². The number of sulfone groups is 1. The van der Waals surface area contributed by atoms with E-state index in [1.807, 2.05) is 0 Å². The van der Waals surface area contributed by atoms with Crippen LogP contribution in [0.1, 0.15) is 6.92 Å². The lowest BCUT2D eigenvalue weighted by Crippen LogP contribution is -2.25. The van der Waals surface area contributed by atoms with Crippen molar-refractivity contribution in [3.8, 4) is 0 Å². The second-order valence-electron chi connectivity index (χ2n) is 4.71. The molecule has 114 valence electrons. The summed E-state index contributed by atoms with van der Waals surface area (Å²) in [4.78, 5) is 0. The lowest BCUT2D eigenvalue weighted by molar-refractivity contribution is 0.597. The van der Waals surface area contributed by atoms with Gasteiger partial charge < -0.3 is 5.32 Å². The minimum atomic E-state index is -3.59. The van der Waals surface area contributed by atoms with Crippen molar-refractivity contribution in [3.05, 3.63) is 24.0 Å². The van der Waals surface area contributed by atoms with Gasteiger partial charge in [-0.05, 0) is 25.1 Å². The summed E-state index contributed by atoms with van der Waals surface area (Å²) in [6.45, 7) is 1.66. The maximum atomic E-state index is 13.5. The molecule has 0 radical (unpaired) electrons. The first-order chi connectivity index (χ1) is 8.96. The topological polar surface area (TPSA) is 92.3 Å². The van der Waals surface area contributed by atoms with Gasteiger partial charge in [0.2, 0.25) is 10.0 Å². The fourth-order valence-electron chi connectivity index (χ4n) is 1.67. The van der Waals surface area contributed by atoms with Crippen LogP contribution in [0.3, 0.4) is 0 Å². The maximum Gasteiger partial charge on any atom is 0.229 e. The van der Waals surface area contributed by atoms with Crippen LogP contribution in [0.4, 0.5) is 15.8 Å². The number of halogens is 1. The summed E-state index contributed by atoms with van der Waals surface area (Å²) in [6.07, 6.45) is 2.03. The fourth-order valence-corrected chi connectivity index (χ4v) is 3.22. The number of hydrogen-bond donors (Lipinski definition) is 2. The number of benzene rings is 1. The van der Waals surface area contributed by atoms with E-state index in [9.17, 15) is 21.2 Å². The van der Waals surface area contributed by atoms with Crippen LogP contribution in [0, 0.1) is 5.82 Å². The Morgan fingerprint density at radius 2 is 1.80 bits per heavy atom. The zero-order valence-electron chi connectivity index (χ0n) is 11.3. The molecule has 6 nitrogen and oxygen atoms in total. The van der Waals surface area contributed by atoms with Crippen molar-refractivity contribution in [1.82, 2.24) is 0 Å². The first kappa shape index (κ1) is 16.7. The summed E-state index contributed by atoms with van der Waals surface area (Å²) in [6, 6.07) is 3.39. The smallest absolute Gasteiger partial charge is 0.229 e. The Labute approximate surface area is 118 Å². The minimum absolute atomic E-state index is 0.0841. The summed E-state index contributed by atoms with van der Waals surface area (Å²) in [7, 11) is -6.73. The summed E-state index contributed by atoms with van der Waals surface area (Å²) >= 11 is 0. The molecule has 0 amide bonds. The monoisotopic (exact) mass is 324 g/mol. The van der Waals surface area contributed by atoms with Gasteiger partial charge in [0.05, 0.1) is 17.7 Å². The molecule has 20 heavy (non-hydrogen) atoms. The van der Waals surface area contributed by atoms with Crippen molar-refractivity contribution in [3.63, 3.8) is 0 Å². The van der Waals surface area contributed by atoms with Crippen molar-refractivity contribution in [2.75, 3.05) is 28.3 Å². The van der Waals surface area contributed by atoms with E-state index in [4.69, 9.17) is 0 Å². The predicted octanol–water partition coefficient (Wildman–Crippen LogP) is 1.04. The van der Waals surface area contributed by atoms with Gasteiger partial charge in [0, 0.05) is 18.0 Å². The molecule has 1 atom stereocenters. The van der Waals surface area contributed by atoms with E-state index < -0.39 is 25.7 Å². The Bertz CT molecular complexity index is 686. The van der Waals surface area contributed by atoms with Gasteiger partial charge >= 0.3 is 0 Å². The minimum Gasteiger partial charge on any atom is -0.382 e. The molecule has 0 saturated carbocycles. The van der Waals surface area contributed by atoms with E-state index in [1.54, 1.807) is 6.92 Å². The zero-order chi connectivity index (χ0) is 15.6. The Morgan fingerprint density at radius 1 is 1.20 bits per heavy atom. The third-order valence-corrected chi connectivity index (χ3v) is 3.92. The number of rotatable bonds is 6. The van der Waals surface area contributed by atoms with Gasteiger partial charge in [0.1, 0.15) is 15.7 Å². The van der Waals surface area contributed by atoms with Gasteiger partial charge in [-0.3, -0.25) is 4.72 Å². The second-order valence-corrected chi connectivity index (χ2v) is 8.64. The number of nitrogens with one attached hydrogen (secondary N) is 2.